The third kappa shape index (κ3) is 4.84. The minimum absolute atomic E-state index is 1.10. The van der Waals surface area contributed by atoms with Crippen LogP contribution in [0, 0.1) is 22.3 Å². The third-order valence-electron chi connectivity index (χ3n) is 2.93. The van der Waals surface area contributed by atoms with E-state index in [1.807, 2.05) is 0 Å². The Morgan fingerprint density at radius 2 is 1.14 bits per heavy atom. The number of benzene rings is 2. The van der Waals surface area contributed by atoms with E-state index in [-0.39, 0.29) is 0 Å². The second-order valence-corrected chi connectivity index (χ2v) is 9.12. The van der Waals surface area contributed by atoms with E-state index in [4.69, 9.17) is 0 Å². The molecule has 0 N–H and O–H groups in total. The van der Waals surface area contributed by atoms with Gasteiger partial charge in [-0.1, -0.05) is 11.8 Å². The number of halogens is 2. The first-order valence-corrected chi connectivity index (χ1v) is 15.2. The fourth-order valence-electron chi connectivity index (χ4n) is 1.99. The van der Waals surface area contributed by atoms with Crippen LogP contribution in [0.1, 0.15) is 11.1 Å². The lowest BCUT2D eigenvalue weighted by atomic mass is 10.0. The van der Waals surface area contributed by atoms with E-state index in [9.17, 15) is 0 Å². The maximum absolute atomic E-state index is 3.24. The summed E-state index contributed by atoms with van der Waals surface area (Å²) in [5, 5.41) is 8.60. The second kappa shape index (κ2) is 9.85. The number of hydrogen-bond acceptors (Lipinski definition) is 4. The molecule has 0 nitrogen and oxygen atoms in total. The van der Waals surface area contributed by atoms with Crippen molar-refractivity contribution in [2.45, 2.75) is 9.79 Å². The maximum atomic E-state index is 3.24. The molecule has 0 saturated heterocycles. The average molecular weight is 584 g/mol. The Morgan fingerprint density at radius 1 is 0.727 bits per heavy atom. The number of fused-ring (bicyclic) bond motifs is 1. The molecule has 0 radical (unpaired) electrons. The van der Waals surface area contributed by atoms with Gasteiger partial charge in [0.25, 0.3) is 0 Å². The van der Waals surface area contributed by atoms with Crippen molar-refractivity contribution >= 4 is 94.6 Å². The molecule has 0 saturated carbocycles. The van der Waals surface area contributed by atoms with Crippen LogP contribution in [0.15, 0.2) is 34.1 Å². The Bertz CT molecular complexity index is 741. The number of hydrogen-bond donors (Lipinski definition) is 0. The molecule has 0 fully saturated rings. The summed E-state index contributed by atoms with van der Waals surface area (Å²) in [5.74, 6) is 6.48. The highest BCUT2D eigenvalue weighted by atomic mass is 127. The van der Waals surface area contributed by atoms with Crippen molar-refractivity contribution in [2.75, 3.05) is 12.5 Å². The van der Waals surface area contributed by atoms with Gasteiger partial charge in [0.2, 0.25) is 0 Å². The van der Waals surface area contributed by atoms with Gasteiger partial charge in [-0.05, 0) is 75.9 Å². The summed E-state index contributed by atoms with van der Waals surface area (Å²) < 4.78 is 0. The molecule has 0 unspecified atom stereocenters. The van der Waals surface area contributed by atoms with Crippen LogP contribution in [-0.2, 0) is 0 Å². The molecule has 0 spiro atoms. The van der Waals surface area contributed by atoms with Crippen LogP contribution < -0.4 is 0 Å². The van der Waals surface area contributed by atoms with Gasteiger partial charge in [0.05, 0.1) is 0 Å². The predicted octanol–water partition coefficient (Wildman–Crippen LogP) is 7.07. The smallest absolute Gasteiger partial charge is 0.0396 e. The van der Waals surface area contributed by atoms with Crippen LogP contribution in [-0.4, -0.2) is 12.5 Å². The van der Waals surface area contributed by atoms with E-state index >= 15 is 0 Å². The lowest BCUT2D eigenvalue weighted by molar-refractivity contribution is 1.41. The molecular weight excluding hydrogens is 574 g/mol. The minimum atomic E-state index is 1.10. The summed E-state index contributed by atoms with van der Waals surface area (Å²) in [6, 6.07) is 8.80. The first-order chi connectivity index (χ1) is 10.7. The molecule has 2 aromatic rings. The lowest BCUT2D eigenvalue weighted by Crippen LogP contribution is -1.87. The Morgan fingerprint density at radius 3 is 1.45 bits per heavy atom. The highest BCUT2D eigenvalue weighted by Gasteiger charge is 2.07. The van der Waals surface area contributed by atoms with Crippen LogP contribution in [0.2, 0.25) is 0 Å². The molecule has 2 aromatic carbocycles. The van der Waals surface area contributed by atoms with Crippen LogP contribution in [0.25, 0.3) is 10.8 Å². The summed E-state index contributed by atoms with van der Waals surface area (Å²) in [6.07, 6.45) is 4.18. The van der Waals surface area contributed by atoms with Gasteiger partial charge in [-0.25, -0.2) is 0 Å². The fraction of sp³-hybridized carbons (Fsp3) is 0.125. The summed E-state index contributed by atoms with van der Waals surface area (Å²) in [6.45, 7) is 0. The highest BCUT2D eigenvalue weighted by Crippen LogP contribution is 2.31. The molecule has 0 aliphatic rings. The monoisotopic (exact) mass is 584 g/mol. The largest absolute Gasteiger partial charge is 0.128 e. The summed E-state index contributed by atoms with van der Waals surface area (Å²) in [4.78, 5) is 2.43. The standard InChI is InChI=1S/C16H10I2S4/c1-19-15-9-13-8-12(4-6-22-18)16(20-2)10-14(13)7-11(15)3-5-21-17/h7-10H,1-2H3. The molecule has 2 rings (SSSR count). The van der Waals surface area contributed by atoms with Gasteiger partial charge >= 0.3 is 0 Å². The Labute approximate surface area is 172 Å². The molecule has 0 bridgehead atoms. The quantitative estimate of drug-likeness (QED) is 0.211. The minimum Gasteiger partial charge on any atom is -0.128 e. The number of thioether (sulfide) groups is 2. The lowest BCUT2D eigenvalue weighted by Gasteiger charge is -2.08. The van der Waals surface area contributed by atoms with Gasteiger partial charge in [0.1, 0.15) is 0 Å². The van der Waals surface area contributed by atoms with Crippen LogP contribution >= 0.6 is 83.8 Å². The van der Waals surface area contributed by atoms with Crippen LogP contribution in [0.5, 0.6) is 0 Å². The van der Waals surface area contributed by atoms with Gasteiger partial charge in [0.15, 0.2) is 0 Å². The SMILES string of the molecule is CSc1cc2cc(C#CSI)c(SC)cc2cc1C#CSI. The van der Waals surface area contributed by atoms with E-state index in [0.29, 0.717) is 0 Å². The summed E-state index contributed by atoms with van der Waals surface area (Å²) in [7, 11) is 3.03. The van der Waals surface area contributed by atoms with Crippen molar-refractivity contribution in [1.82, 2.24) is 0 Å². The average Bonchev–Trinajstić information content (AvgIpc) is 2.56. The van der Waals surface area contributed by atoms with Crippen molar-refractivity contribution < 1.29 is 0 Å². The molecule has 0 amide bonds. The molecule has 0 aromatic heterocycles. The zero-order valence-corrected chi connectivity index (χ0v) is 19.3. The van der Waals surface area contributed by atoms with E-state index in [2.05, 4.69) is 102 Å². The molecule has 0 heterocycles. The molecular formula is C16H10I2S4. The predicted molar refractivity (Wildman–Crippen MR) is 124 cm³/mol. The van der Waals surface area contributed by atoms with E-state index in [1.165, 1.54) is 38.4 Å². The van der Waals surface area contributed by atoms with Gasteiger partial charge < -0.3 is 0 Å². The van der Waals surface area contributed by atoms with Crippen molar-refractivity contribution in [3.63, 3.8) is 0 Å². The second-order valence-electron chi connectivity index (χ2n) is 4.06. The summed E-state index contributed by atoms with van der Waals surface area (Å²) >= 11 is 7.87. The van der Waals surface area contributed by atoms with Crippen molar-refractivity contribution in [2.24, 2.45) is 0 Å². The topological polar surface area (TPSA) is 0 Å². The van der Waals surface area contributed by atoms with Crippen molar-refractivity contribution in [3.05, 3.63) is 35.4 Å². The molecule has 0 atom stereocenters. The molecule has 0 aliphatic heterocycles. The number of rotatable bonds is 2. The Kier molecular flexibility index (Phi) is 8.51. The van der Waals surface area contributed by atoms with Crippen LogP contribution in [0.4, 0.5) is 0 Å². The highest BCUT2D eigenvalue weighted by molar-refractivity contribution is 14.2. The van der Waals surface area contributed by atoms with Gasteiger partial charge in [-0.3, -0.25) is 0 Å². The zero-order valence-electron chi connectivity index (χ0n) is 11.7. The third-order valence-corrected chi connectivity index (χ3v) is 6.16. The first kappa shape index (κ1) is 19.0. The Balaban J connectivity index is 2.67. The van der Waals surface area contributed by atoms with Gasteiger partial charge in [0, 0.05) is 63.3 Å². The van der Waals surface area contributed by atoms with E-state index in [1.54, 1.807) is 23.5 Å². The van der Waals surface area contributed by atoms with Crippen molar-refractivity contribution in [1.29, 1.82) is 0 Å². The maximum Gasteiger partial charge on any atom is 0.0396 e. The van der Waals surface area contributed by atoms with Crippen molar-refractivity contribution in [3.8, 4) is 22.3 Å². The van der Waals surface area contributed by atoms with E-state index in [0.717, 1.165) is 11.1 Å². The normalized spacial score (nSPS) is 9.82. The molecule has 0 aliphatic carbocycles. The fourth-order valence-corrected chi connectivity index (χ4v) is 4.10. The van der Waals surface area contributed by atoms with Gasteiger partial charge in [-0.15, -0.1) is 23.5 Å². The molecule has 22 heavy (non-hydrogen) atoms. The molecule has 112 valence electrons. The van der Waals surface area contributed by atoms with E-state index < -0.39 is 0 Å². The summed E-state index contributed by atoms with van der Waals surface area (Å²) in [5.41, 5.74) is 2.19. The zero-order chi connectivity index (χ0) is 15.9. The Hall–Kier alpha value is 0.680. The molecule has 6 heteroatoms. The van der Waals surface area contributed by atoms with Crippen LogP contribution in [0.3, 0.4) is 0 Å². The van der Waals surface area contributed by atoms with Gasteiger partial charge in [-0.2, -0.15) is 0 Å². The first-order valence-electron chi connectivity index (χ1n) is 6.00.